The van der Waals surface area contributed by atoms with E-state index in [0.717, 1.165) is 5.56 Å². The number of hydrogen-bond donors (Lipinski definition) is 0. The Morgan fingerprint density at radius 2 is 1.81 bits per heavy atom. The number of rotatable bonds is 7. The first-order valence-electron chi connectivity index (χ1n) is 8.26. The highest BCUT2D eigenvalue weighted by molar-refractivity contribution is 7.16. The van der Waals surface area contributed by atoms with Crippen molar-refractivity contribution in [1.29, 1.82) is 0 Å². The van der Waals surface area contributed by atoms with Crippen molar-refractivity contribution in [3.8, 4) is 27.3 Å². The van der Waals surface area contributed by atoms with Gasteiger partial charge < -0.3 is 14.2 Å². The molecule has 3 aromatic rings. The second-order valence-corrected chi connectivity index (χ2v) is 6.79. The highest BCUT2D eigenvalue weighted by Gasteiger charge is 2.16. The Bertz CT molecular complexity index is 914. The summed E-state index contributed by atoms with van der Waals surface area (Å²) in [6.45, 7) is 3.71. The lowest BCUT2D eigenvalue weighted by Gasteiger charge is -2.13. The minimum atomic E-state index is -0.682. The monoisotopic (exact) mass is 404 g/mol. The Morgan fingerprint density at radius 1 is 1.11 bits per heavy atom. The highest BCUT2D eigenvalue weighted by Crippen LogP contribution is 2.34. The number of ether oxygens (including phenoxy) is 3. The lowest BCUT2D eigenvalue weighted by molar-refractivity contribution is -0.150. The summed E-state index contributed by atoms with van der Waals surface area (Å²) in [4.78, 5) is 11.6. The minimum Gasteiger partial charge on any atom is -0.479 e. The Labute approximate surface area is 165 Å². The van der Waals surface area contributed by atoms with Gasteiger partial charge in [-0.25, -0.2) is 4.79 Å². The molecule has 3 rings (SSSR count). The SMILES string of the molecule is CCOC(=O)[C@@H](C)Oc1ccc(Oc2nnc(-c3ccccc3Cl)s2)cc1. The lowest BCUT2D eigenvalue weighted by atomic mass is 10.2. The van der Waals surface area contributed by atoms with Crippen LogP contribution in [0.2, 0.25) is 5.02 Å². The molecule has 0 radical (unpaired) electrons. The van der Waals surface area contributed by atoms with Crippen molar-refractivity contribution in [2.45, 2.75) is 20.0 Å². The summed E-state index contributed by atoms with van der Waals surface area (Å²) in [7, 11) is 0. The summed E-state index contributed by atoms with van der Waals surface area (Å²) in [6, 6.07) is 14.3. The summed E-state index contributed by atoms with van der Waals surface area (Å²) in [5.41, 5.74) is 0.809. The molecule has 0 fully saturated rings. The van der Waals surface area contributed by atoms with Gasteiger partial charge in [0.05, 0.1) is 11.6 Å². The molecular formula is C19H17ClN2O4S. The molecule has 0 spiro atoms. The van der Waals surface area contributed by atoms with Crippen molar-refractivity contribution in [3.05, 3.63) is 53.6 Å². The quantitative estimate of drug-likeness (QED) is 0.517. The van der Waals surface area contributed by atoms with E-state index < -0.39 is 12.1 Å². The molecule has 2 aromatic carbocycles. The van der Waals surface area contributed by atoms with E-state index in [1.807, 2.05) is 18.2 Å². The largest absolute Gasteiger partial charge is 0.479 e. The number of esters is 1. The molecule has 0 saturated heterocycles. The minimum absolute atomic E-state index is 0.317. The van der Waals surface area contributed by atoms with Crippen LogP contribution in [0.25, 0.3) is 10.6 Å². The molecule has 0 aliphatic heterocycles. The normalized spacial score (nSPS) is 11.7. The van der Waals surface area contributed by atoms with Gasteiger partial charge in [-0.2, -0.15) is 0 Å². The fourth-order valence-corrected chi connectivity index (χ4v) is 3.23. The molecule has 0 aliphatic rings. The molecule has 0 N–H and O–H groups in total. The van der Waals surface area contributed by atoms with Gasteiger partial charge >= 0.3 is 5.97 Å². The van der Waals surface area contributed by atoms with Crippen LogP contribution in [-0.2, 0) is 9.53 Å². The van der Waals surface area contributed by atoms with E-state index in [9.17, 15) is 4.79 Å². The van der Waals surface area contributed by atoms with Crippen molar-refractivity contribution in [3.63, 3.8) is 0 Å². The summed E-state index contributed by atoms with van der Waals surface area (Å²) in [6.07, 6.45) is -0.682. The first-order chi connectivity index (χ1) is 13.1. The first-order valence-corrected chi connectivity index (χ1v) is 9.46. The number of nitrogens with zero attached hydrogens (tertiary/aromatic N) is 2. The fourth-order valence-electron chi connectivity index (χ4n) is 2.19. The Hall–Kier alpha value is -2.64. The van der Waals surface area contributed by atoms with E-state index >= 15 is 0 Å². The van der Waals surface area contributed by atoms with E-state index in [-0.39, 0.29) is 0 Å². The molecule has 0 aliphatic carbocycles. The van der Waals surface area contributed by atoms with Crippen LogP contribution in [0.1, 0.15) is 13.8 Å². The molecule has 0 saturated carbocycles. The second-order valence-electron chi connectivity index (χ2n) is 5.44. The predicted molar refractivity (Wildman–Crippen MR) is 104 cm³/mol. The van der Waals surface area contributed by atoms with Gasteiger partial charge in [-0.3, -0.25) is 0 Å². The number of benzene rings is 2. The van der Waals surface area contributed by atoms with E-state index in [4.69, 9.17) is 25.8 Å². The van der Waals surface area contributed by atoms with Gasteiger partial charge in [0, 0.05) is 5.56 Å². The van der Waals surface area contributed by atoms with Crippen LogP contribution in [0.3, 0.4) is 0 Å². The maximum atomic E-state index is 11.6. The molecule has 140 valence electrons. The number of hydrogen-bond acceptors (Lipinski definition) is 7. The van der Waals surface area contributed by atoms with Crippen molar-refractivity contribution in [2.24, 2.45) is 0 Å². The van der Waals surface area contributed by atoms with Gasteiger partial charge in [0.15, 0.2) is 11.1 Å². The fraction of sp³-hybridized carbons (Fsp3) is 0.211. The molecule has 6 nitrogen and oxygen atoms in total. The van der Waals surface area contributed by atoms with Crippen LogP contribution in [0.15, 0.2) is 48.5 Å². The number of carbonyl (C=O) groups excluding carboxylic acids is 1. The molecule has 1 heterocycles. The number of aromatic nitrogens is 2. The van der Waals surface area contributed by atoms with Crippen molar-refractivity contribution in [1.82, 2.24) is 10.2 Å². The maximum Gasteiger partial charge on any atom is 0.347 e. The van der Waals surface area contributed by atoms with Gasteiger partial charge in [-0.1, -0.05) is 46.2 Å². The number of halogens is 1. The first kappa shape index (κ1) is 19.1. The topological polar surface area (TPSA) is 70.5 Å². The third kappa shape index (κ3) is 4.96. The van der Waals surface area contributed by atoms with Crippen LogP contribution in [-0.4, -0.2) is 28.9 Å². The second kappa shape index (κ2) is 8.83. The summed E-state index contributed by atoms with van der Waals surface area (Å²) < 4.78 is 16.2. The predicted octanol–water partition coefficient (Wildman–Crippen LogP) is 4.98. The Kier molecular flexibility index (Phi) is 6.26. The van der Waals surface area contributed by atoms with E-state index in [1.165, 1.54) is 11.3 Å². The molecular weight excluding hydrogens is 388 g/mol. The average Bonchev–Trinajstić information content (AvgIpc) is 3.12. The zero-order valence-corrected chi connectivity index (χ0v) is 16.3. The lowest BCUT2D eigenvalue weighted by Crippen LogP contribution is -2.25. The van der Waals surface area contributed by atoms with Gasteiger partial charge in [-0.15, -0.1) is 5.10 Å². The van der Waals surface area contributed by atoms with Crippen LogP contribution in [0.5, 0.6) is 16.7 Å². The molecule has 1 aromatic heterocycles. The Balaban J connectivity index is 1.64. The zero-order valence-electron chi connectivity index (χ0n) is 14.7. The van der Waals surface area contributed by atoms with Gasteiger partial charge in [0.1, 0.15) is 11.5 Å². The van der Waals surface area contributed by atoms with Crippen LogP contribution < -0.4 is 9.47 Å². The number of carbonyl (C=O) groups is 1. The molecule has 1 atom stereocenters. The van der Waals surface area contributed by atoms with E-state index in [1.54, 1.807) is 44.2 Å². The van der Waals surface area contributed by atoms with Gasteiger partial charge in [0.25, 0.3) is 5.19 Å². The maximum absolute atomic E-state index is 11.6. The summed E-state index contributed by atoms with van der Waals surface area (Å²) in [5.74, 6) is 0.712. The van der Waals surface area contributed by atoms with Crippen molar-refractivity contribution >= 4 is 28.9 Å². The Morgan fingerprint density at radius 3 is 2.52 bits per heavy atom. The van der Waals surface area contributed by atoms with E-state index in [2.05, 4.69) is 10.2 Å². The van der Waals surface area contributed by atoms with Crippen molar-refractivity contribution < 1.29 is 19.0 Å². The van der Waals surface area contributed by atoms with Gasteiger partial charge in [-0.05, 0) is 44.2 Å². The average molecular weight is 405 g/mol. The summed E-state index contributed by atoms with van der Waals surface area (Å²) in [5, 5.41) is 9.85. The molecule has 8 heteroatoms. The summed E-state index contributed by atoms with van der Waals surface area (Å²) >= 11 is 7.48. The molecule has 0 amide bonds. The molecule has 0 unspecified atom stereocenters. The van der Waals surface area contributed by atoms with Crippen LogP contribution in [0, 0.1) is 0 Å². The third-order valence-electron chi connectivity index (χ3n) is 3.47. The third-order valence-corrected chi connectivity index (χ3v) is 4.64. The standard InChI is InChI=1S/C19H17ClN2O4S/c1-3-24-18(23)12(2)25-13-8-10-14(11-9-13)26-19-22-21-17(27-19)15-6-4-5-7-16(15)20/h4-12H,3H2,1-2H3/t12-/m1/s1. The molecule has 27 heavy (non-hydrogen) atoms. The highest BCUT2D eigenvalue weighted by atomic mass is 35.5. The van der Waals surface area contributed by atoms with Crippen LogP contribution in [0.4, 0.5) is 0 Å². The van der Waals surface area contributed by atoms with E-state index in [0.29, 0.717) is 33.3 Å². The molecule has 0 bridgehead atoms. The van der Waals surface area contributed by atoms with Crippen LogP contribution >= 0.6 is 22.9 Å². The zero-order chi connectivity index (χ0) is 19.2. The van der Waals surface area contributed by atoms with Gasteiger partial charge in [0.2, 0.25) is 0 Å². The smallest absolute Gasteiger partial charge is 0.347 e. The van der Waals surface area contributed by atoms with Crippen molar-refractivity contribution in [2.75, 3.05) is 6.61 Å².